The van der Waals surface area contributed by atoms with Gasteiger partial charge in [-0.1, -0.05) is 20.8 Å². The molecule has 23 heavy (non-hydrogen) atoms. The third kappa shape index (κ3) is 10.4. The lowest BCUT2D eigenvalue weighted by molar-refractivity contribution is 0.181. The molecule has 0 aromatic heterocycles. The number of aliphatic imine (C=N–C) groups is 1. The number of likely N-dealkylation sites (tertiary alicyclic amines) is 1. The number of nitrogens with one attached hydrogen (secondary N) is 2. The standard InChI is InChI=1S/C18H38N4.HI/c1-6-19-18(21-17(5)15(2)3)20-11-7-8-12-22-13-9-10-16(4)14-22;/h15-17H,6-14H2,1-5H3,(H2,19,20,21);1H. The Bertz CT molecular complexity index is 320. The maximum atomic E-state index is 4.71. The fourth-order valence-electron chi connectivity index (χ4n) is 2.83. The summed E-state index contributed by atoms with van der Waals surface area (Å²) in [4.78, 5) is 7.34. The molecule has 0 aromatic carbocycles. The second-order valence-electron chi connectivity index (χ2n) is 7.19. The van der Waals surface area contributed by atoms with Crippen molar-refractivity contribution in [2.75, 3.05) is 32.7 Å². The predicted molar refractivity (Wildman–Crippen MR) is 113 cm³/mol. The summed E-state index contributed by atoms with van der Waals surface area (Å²) in [6.45, 7) is 16.9. The second-order valence-corrected chi connectivity index (χ2v) is 7.19. The van der Waals surface area contributed by atoms with Crippen LogP contribution in [0.3, 0.4) is 0 Å². The molecule has 1 heterocycles. The number of halogens is 1. The van der Waals surface area contributed by atoms with E-state index < -0.39 is 0 Å². The van der Waals surface area contributed by atoms with Gasteiger partial charge in [-0.25, -0.2) is 0 Å². The lowest BCUT2D eigenvalue weighted by Crippen LogP contribution is -2.44. The van der Waals surface area contributed by atoms with E-state index in [4.69, 9.17) is 4.99 Å². The van der Waals surface area contributed by atoms with Crippen LogP contribution >= 0.6 is 24.0 Å². The summed E-state index contributed by atoms with van der Waals surface area (Å²) >= 11 is 0. The molecule has 0 spiro atoms. The smallest absolute Gasteiger partial charge is 0.191 e. The first-order chi connectivity index (χ1) is 10.5. The van der Waals surface area contributed by atoms with Crippen LogP contribution in [0.15, 0.2) is 4.99 Å². The van der Waals surface area contributed by atoms with Crippen molar-refractivity contribution in [3.8, 4) is 0 Å². The fraction of sp³-hybridized carbons (Fsp3) is 0.944. The van der Waals surface area contributed by atoms with Gasteiger partial charge in [-0.2, -0.15) is 0 Å². The Balaban J connectivity index is 0.00000484. The van der Waals surface area contributed by atoms with Crippen LogP contribution in [-0.4, -0.2) is 49.6 Å². The number of piperidine rings is 1. The Morgan fingerprint density at radius 3 is 2.61 bits per heavy atom. The molecule has 0 aliphatic carbocycles. The molecule has 138 valence electrons. The van der Waals surface area contributed by atoms with Crippen molar-refractivity contribution in [1.29, 1.82) is 0 Å². The van der Waals surface area contributed by atoms with Gasteiger partial charge in [0, 0.05) is 25.7 Å². The Kier molecular flexibility index (Phi) is 13.3. The molecule has 0 radical (unpaired) electrons. The molecule has 1 fully saturated rings. The Labute approximate surface area is 161 Å². The normalized spacial score (nSPS) is 21.0. The van der Waals surface area contributed by atoms with Crippen LogP contribution in [0.2, 0.25) is 0 Å². The number of hydrogen-bond donors (Lipinski definition) is 2. The molecule has 2 unspecified atom stereocenters. The summed E-state index contributed by atoms with van der Waals surface area (Å²) in [7, 11) is 0. The largest absolute Gasteiger partial charge is 0.357 e. The monoisotopic (exact) mass is 438 g/mol. The highest BCUT2D eigenvalue weighted by Gasteiger charge is 2.15. The van der Waals surface area contributed by atoms with Gasteiger partial charge >= 0.3 is 0 Å². The van der Waals surface area contributed by atoms with Gasteiger partial charge in [0.1, 0.15) is 0 Å². The van der Waals surface area contributed by atoms with Gasteiger partial charge in [0.2, 0.25) is 0 Å². The van der Waals surface area contributed by atoms with Gasteiger partial charge in [-0.3, -0.25) is 4.99 Å². The van der Waals surface area contributed by atoms with Gasteiger partial charge in [-0.05, 0) is 64.5 Å². The van der Waals surface area contributed by atoms with E-state index in [9.17, 15) is 0 Å². The summed E-state index contributed by atoms with van der Waals surface area (Å²) in [5, 5.41) is 6.83. The van der Waals surface area contributed by atoms with Crippen LogP contribution in [0.5, 0.6) is 0 Å². The zero-order valence-corrected chi connectivity index (χ0v) is 18.2. The molecule has 2 N–H and O–H groups in total. The molecule has 1 aliphatic heterocycles. The number of nitrogens with zero attached hydrogens (tertiary/aromatic N) is 2. The van der Waals surface area contributed by atoms with E-state index in [1.165, 1.54) is 45.3 Å². The average Bonchev–Trinajstić information content (AvgIpc) is 2.47. The van der Waals surface area contributed by atoms with Crippen LogP contribution in [0.25, 0.3) is 0 Å². The molecule has 1 aliphatic rings. The molecule has 5 heteroatoms. The van der Waals surface area contributed by atoms with Crippen molar-refractivity contribution in [3.05, 3.63) is 0 Å². The van der Waals surface area contributed by atoms with E-state index in [0.29, 0.717) is 12.0 Å². The van der Waals surface area contributed by atoms with Gasteiger partial charge in [0.05, 0.1) is 0 Å². The predicted octanol–water partition coefficient (Wildman–Crippen LogP) is 3.72. The lowest BCUT2D eigenvalue weighted by atomic mass is 10.0. The third-order valence-electron chi connectivity index (χ3n) is 4.60. The number of guanidine groups is 1. The van der Waals surface area contributed by atoms with Crippen molar-refractivity contribution >= 4 is 29.9 Å². The first kappa shape index (κ1) is 23.0. The maximum absolute atomic E-state index is 4.71. The first-order valence-corrected chi connectivity index (χ1v) is 9.30. The number of hydrogen-bond acceptors (Lipinski definition) is 2. The van der Waals surface area contributed by atoms with Gasteiger partial charge in [0.15, 0.2) is 5.96 Å². The Morgan fingerprint density at radius 1 is 1.26 bits per heavy atom. The molecular formula is C18H39IN4. The van der Waals surface area contributed by atoms with Gasteiger partial charge in [0.25, 0.3) is 0 Å². The summed E-state index contributed by atoms with van der Waals surface area (Å²) in [6, 6.07) is 0.452. The Morgan fingerprint density at radius 2 is 2.00 bits per heavy atom. The lowest BCUT2D eigenvalue weighted by Gasteiger charge is -2.30. The molecule has 0 aromatic rings. The number of unbranched alkanes of at least 4 members (excludes halogenated alkanes) is 1. The molecule has 1 saturated heterocycles. The van der Waals surface area contributed by atoms with E-state index in [2.05, 4.69) is 50.2 Å². The van der Waals surface area contributed by atoms with Crippen molar-refractivity contribution in [1.82, 2.24) is 15.5 Å². The number of rotatable bonds is 8. The molecule has 0 bridgehead atoms. The molecule has 0 saturated carbocycles. The van der Waals surface area contributed by atoms with E-state index in [0.717, 1.165) is 25.0 Å². The minimum absolute atomic E-state index is 0. The minimum Gasteiger partial charge on any atom is -0.357 e. The van der Waals surface area contributed by atoms with Crippen molar-refractivity contribution < 1.29 is 0 Å². The summed E-state index contributed by atoms with van der Waals surface area (Å²) < 4.78 is 0. The van der Waals surface area contributed by atoms with E-state index in [1.54, 1.807) is 0 Å². The van der Waals surface area contributed by atoms with Crippen molar-refractivity contribution in [3.63, 3.8) is 0 Å². The van der Waals surface area contributed by atoms with E-state index in [-0.39, 0.29) is 24.0 Å². The van der Waals surface area contributed by atoms with Gasteiger partial charge < -0.3 is 15.5 Å². The second kappa shape index (κ2) is 13.3. The first-order valence-electron chi connectivity index (χ1n) is 9.30. The quantitative estimate of drug-likeness (QED) is 0.263. The topological polar surface area (TPSA) is 39.7 Å². The molecule has 2 atom stereocenters. The summed E-state index contributed by atoms with van der Waals surface area (Å²) in [5.41, 5.74) is 0. The zero-order chi connectivity index (χ0) is 16.4. The highest BCUT2D eigenvalue weighted by molar-refractivity contribution is 14.0. The van der Waals surface area contributed by atoms with Crippen LogP contribution < -0.4 is 10.6 Å². The van der Waals surface area contributed by atoms with Crippen LogP contribution in [0.4, 0.5) is 0 Å². The highest BCUT2D eigenvalue weighted by Crippen LogP contribution is 2.15. The van der Waals surface area contributed by atoms with Gasteiger partial charge in [-0.15, -0.1) is 24.0 Å². The average molecular weight is 438 g/mol. The summed E-state index contributed by atoms with van der Waals surface area (Å²) in [6.07, 6.45) is 5.22. The van der Waals surface area contributed by atoms with Crippen molar-refractivity contribution in [2.24, 2.45) is 16.8 Å². The van der Waals surface area contributed by atoms with Crippen LogP contribution in [0, 0.1) is 11.8 Å². The molecule has 0 amide bonds. The maximum Gasteiger partial charge on any atom is 0.191 e. The Hall–Kier alpha value is -0.0400. The molecule has 1 rings (SSSR count). The molecule has 4 nitrogen and oxygen atoms in total. The highest BCUT2D eigenvalue weighted by atomic mass is 127. The fourth-order valence-corrected chi connectivity index (χ4v) is 2.83. The SMILES string of the molecule is CCNC(=NCCCCN1CCCC(C)C1)NC(C)C(C)C.I. The van der Waals surface area contributed by atoms with E-state index >= 15 is 0 Å². The van der Waals surface area contributed by atoms with Crippen LogP contribution in [-0.2, 0) is 0 Å². The van der Waals surface area contributed by atoms with Crippen LogP contribution in [0.1, 0.15) is 60.3 Å². The minimum atomic E-state index is 0. The third-order valence-corrected chi connectivity index (χ3v) is 4.60. The van der Waals surface area contributed by atoms with E-state index in [1.807, 2.05) is 0 Å². The zero-order valence-electron chi connectivity index (χ0n) is 15.9. The van der Waals surface area contributed by atoms with Crippen molar-refractivity contribution in [2.45, 2.75) is 66.3 Å². The summed E-state index contributed by atoms with van der Waals surface area (Å²) in [5.74, 6) is 2.47. The molecular weight excluding hydrogens is 399 g/mol.